The third kappa shape index (κ3) is 8.03. The normalized spacial score (nSPS) is 12.2. The molecular formula is C29H33ClFN3O4S. The number of nitrogens with zero attached hydrogens (tertiary/aromatic N) is 2. The maximum absolute atomic E-state index is 13.8. The number of halogens is 2. The first-order valence-electron chi connectivity index (χ1n) is 12.5. The van der Waals surface area contributed by atoms with Crippen molar-refractivity contribution in [2.24, 2.45) is 5.92 Å². The minimum atomic E-state index is -4.21. The maximum atomic E-state index is 13.8. The highest BCUT2D eigenvalue weighted by molar-refractivity contribution is 7.92. The van der Waals surface area contributed by atoms with Gasteiger partial charge < -0.3 is 10.2 Å². The first-order valence-corrected chi connectivity index (χ1v) is 14.4. The molecular weight excluding hydrogens is 541 g/mol. The van der Waals surface area contributed by atoms with Gasteiger partial charge in [-0.05, 0) is 73.9 Å². The van der Waals surface area contributed by atoms with E-state index >= 15 is 0 Å². The van der Waals surface area contributed by atoms with E-state index in [9.17, 15) is 22.4 Å². The lowest BCUT2D eigenvalue weighted by Crippen LogP contribution is -2.51. The lowest BCUT2D eigenvalue weighted by molar-refractivity contribution is -0.139. The van der Waals surface area contributed by atoms with Gasteiger partial charge in [0, 0.05) is 18.1 Å². The molecule has 3 aromatic carbocycles. The van der Waals surface area contributed by atoms with Gasteiger partial charge >= 0.3 is 0 Å². The van der Waals surface area contributed by atoms with Crippen LogP contribution < -0.4 is 9.62 Å². The Hall–Kier alpha value is -3.43. The van der Waals surface area contributed by atoms with E-state index in [1.54, 1.807) is 43.3 Å². The van der Waals surface area contributed by atoms with Gasteiger partial charge in [-0.2, -0.15) is 0 Å². The van der Waals surface area contributed by atoms with E-state index in [0.29, 0.717) is 17.1 Å². The zero-order valence-corrected chi connectivity index (χ0v) is 24.0. The Bertz CT molecular complexity index is 1380. The minimum Gasteiger partial charge on any atom is -0.354 e. The second kappa shape index (κ2) is 13.1. The van der Waals surface area contributed by atoms with E-state index in [0.717, 1.165) is 22.0 Å². The molecule has 39 heavy (non-hydrogen) atoms. The molecule has 0 aliphatic carbocycles. The fourth-order valence-electron chi connectivity index (χ4n) is 3.80. The van der Waals surface area contributed by atoms with Crippen LogP contribution in [0.15, 0.2) is 77.7 Å². The topological polar surface area (TPSA) is 86.8 Å². The number of carbonyl (C=O) groups excluding carboxylic acids is 2. The van der Waals surface area contributed by atoms with Gasteiger partial charge in [-0.15, -0.1) is 0 Å². The van der Waals surface area contributed by atoms with E-state index < -0.39 is 34.3 Å². The van der Waals surface area contributed by atoms with Gasteiger partial charge in [-0.1, -0.05) is 55.3 Å². The Kier molecular flexibility index (Phi) is 10.1. The van der Waals surface area contributed by atoms with Crippen molar-refractivity contribution in [3.05, 3.63) is 94.8 Å². The molecule has 0 bridgehead atoms. The van der Waals surface area contributed by atoms with Crippen LogP contribution >= 0.6 is 11.6 Å². The van der Waals surface area contributed by atoms with Crippen LogP contribution in [0.5, 0.6) is 0 Å². The molecule has 0 aliphatic heterocycles. The van der Waals surface area contributed by atoms with E-state index in [1.807, 2.05) is 20.8 Å². The molecule has 1 N–H and O–H groups in total. The lowest BCUT2D eigenvalue weighted by Gasteiger charge is -2.32. The van der Waals surface area contributed by atoms with Gasteiger partial charge in [0.1, 0.15) is 18.4 Å². The molecule has 3 rings (SSSR count). The van der Waals surface area contributed by atoms with Crippen molar-refractivity contribution < 1.29 is 22.4 Å². The largest absolute Gasteiger partial charge is 0.354 e. The number of benzene rings is 3. The summed E-state index contributed by atoms with van der Waals surface area (Å²) < 4.78 is 42.1. The molecule has 0 heterocycles. The summed E-state index contributed by atoms with van der Waals surface area (Å²) in [5.41, 5.74) is 1.70. The molecule has 0 spiro atoms. The van der Waals surface area contributed by atoms with Crippen LogP contribution in [0.3, 0.4) is 0 Å². The van der Waals surface area contributed by atoms with Gasteiger partial charge in [-0.3, -0.25) is 13.9 Å². The Morgan fingerprint density at radius 3 is 2.08 bits per heavy atom. The molecule has 0 saturated carbocycles. The average Bonchev–Trinajstić information content (AvgIpc) is 2.90. The number of amides is 2. The first kappa shape index (κ1) is 30.1. The summed E-state index contributed by atoms with van der Waals surface area (Å²) in [5, 5.41) is 3.36. The molecule has 10 heteroatoms. The summed E-state index contributed by atoms with van der Waals surface area (Å²) in [6.07, 6.45) is 0. The highest BCUT2D eigenvalue weighted by Gasteiger charge is 2.32. The minimum absolute atomic E-state index is 0.0165. The Balaban J connectivity index is 2.00. The lowest BCUT2D eigenvalue weighted by atomic mass is 10.1. The summed E-state index contributed by atoms with van der Waals surface area (Å²) in [6, 6.07) is 17.0. The van der Waals surface area contributed by atoms with Crippen LogP contribution in [0.2, 0.25) is 5.02 Å². The summed E-state index contributed by atoms with van der Waals surface area (Å²) in [7, 11) is -4.21. The van der Waals surface area contributed by atoms with E-state index in [1.165, 1.54) is 29.2 Å². The third-order valence-corrected chi connectivity index (χ3v) is 8.16. The smallest absolute Gasteiger partial charge is 0.264 e. The molecule has 0 saturated heterocycles. The van der Waals surface area contributed by atoms with Gasteiger partial charge in [0.15, 0.2) is 0 Å². The van der Waals surface area contributed by atoms with Crippen molar-refractivity contribution >= 4 is 39.1 Å². The summed E-state index contributed by atoms with van der Waals surface area (Å²) >= 11 is 6.02. The molecule has 1 unspecified atom stereocenters. The number of hydrogen-bond donors (Lipinski definition) is 1. The fourth-order valence-corrected chi connectivity index (χ4v) is 5.34. The number of anilines is 1. The van der Waals surface area contributed by atoms with Crippen molar-refractivity contribution in [2.75, 3.05) is 17.4 Å². The van der Waals surface area contributed by atoms with Crippen LogP contribution in [0.25, 0.3) is 0 Å². The Morgan fingerprint density at radius 2 is 1.51 bits per heavy atom. The summed E-state index contributed by atoms with van der Waals surface area (Å²) in [6.45, 7) is 7.22. The molecule has 1 atom stereocenters. The van der Waals surface area contributed by atoms with Gasteiger partial charge in [0.2, 0.25) is 11.8 Å². The van der Waals surface area contributed by atoms with Crippen molar-refractivity contribution in [1.29, 1.82) is 0 Å². The third-order valence-electron chi connectivity index (χ3n) is 6.12. The predicted octanol–water partition coefficient (Wildman–Crippen LogP) is 5.17. The quantitative estimate of drug-likeness (QED) is 0.343. The number of rotatable bonds is 11. The number of nitrogens with one attached hydrogen (secondary N) is 1. The number of carbonyl (C=O) groups is 2. The van der Waals surface area contributed by atoms with E-state index in [2.05, 4.69) is 5.32 Å². The van der Waals surface area contributed by atoms with Crippen LogP contribution in [0.4, 0.5) is 10.1 Å². The monoisotopic (exact) mass is 573 g/mol. The average molecular weight is 574 g/mol. The van der Waals surface area contributed by atoms with Crippen LogP contribution in [0, 0.1) is 18.7 Å². The zero-order valence-electron chi connectivity index (χ0n) is 22.4. The van der Waals surface area contributed by atoms with Crippen molar-refractivity contribution in [3.63, 3.8) is 0 Å². The number of sulfonamides is 1. The molecule has 0 aliphatic rings. The molecule has 0 aromatic heterocycles. The second-order valence-electron chi connectivity index (χ2n) is 9.76. The highest BCUT2D eigenvalue weighted by atomic mass is 35.5. The van der Waals surface area contributed by atoms with Gasteiger partial charge in [-0.25, -0.2) is 12.8 Å². The standard InChI is InChI=1S/C29H33ClFN3O4S/c1-20(2)17-32-29(36)22(4)33(18-23-7-9-24(30)10-8-23)28(35)19-34(26-13-11-25(31)12-14-26)39(37,38)27-15-5-21(3)6-16-27/h5-16,20,22H,17-19H2,1-4H3,(H,32,36). The highest BCUT2D eigenvalue weighted by Crippen LogP contribution is 2.25. The molecule has 2 amide bonds. The van der Waals surface area contributed by atoms with Crippen molar-refractivity contribution in [3.8, 4) is 0 Å². The molecule has 0 fully saturated rings. The van der Waals surface area contributed by atoms with Crippen LogP contribution in [-0.4, -0.2) is 44.3 Å². The molecule has 3 aromatic rings. The van der Waals surface area contributed by atoms with E-state index in [-0.39, 0.29) is 29.0 Å². The molecule has 7 nitrogen and oxygen atoms in total. The Labute approximate surface area is 234 Å². The number of aryl methyl sites for hydroxylation is 1. The zero-order chi connectivity index (χ0) is 28.7. The Morgan fingerprint density at radius 1 is 0.923 bits per heavy atom. The second-order valence-corrected chi connectivity index (χ2v) is 12.1. The SMILES string of the molecule is Cc1ccc(S(=O)(=O)N(CC(=O)N(Cc2ccc(Cl)cc2)C(C)C(=O)NCC(C)C)c2ccc(F)cc2)cc1. The number of hydrogen-bond acceptors (Lipinski definition) is 4. The van der Waals surface area contributed by atoms with Crippen molar-refractivity contribution in [1.82, 2.24) is 10.2 Å². The molecule has 208 valence electrons. The predicted molar refractivity (Wildman–Crippen MR) is 151 cm³/mol. The van der Waals surface area contributed by atoms with Gasteiger partial charge in [0.05, 0.1) is 10.6 Å². The van der Waals surface area contributed by atoms with Gasteiger partial charge in [0.25, 0.3) is 10.0 Å². The maximum Gasteiger partial charge on any atom is 0.264 e. The molecule has 0 radical (unpaired) electrons. The van der Waals surface area contributed by atoms with Crippen molar-refractivity contribution in [2.45, 2.75) is 45.2 Å². The summed E-state index contributed by atoms with van der Waals surface area (Å²) in [4.78, 5) is 28.1. The van der Waals surface area contributed by atoms with Crippen LogP contribution in [-0.2, 0) is 26.2 Å². The fraction of sp³-hybridized carbons (Fsp3) is 0.310. The van der Waals surface area contributed by atoms with Crippen LogP contribution in [0.1, 0.15) is 31.9 Å². The summed E-state index contributed by atoms with van der Waals surface area (Å²) in [5.74, 6) is -1.30. The first-order chi connectivity index (χ1) is 18.4. The van der Waals surface area contributed by atoms with E-state index in [4.69, 9.17) is 11.6 Å².